The first kappa shape index (κ1) is 20.7. The first-order valence-electron chi connectivity index (χ1n) is 9.48. The molecule has 3 N–H and O–H groups in total. The molecule has 0 atom stereocenters. The van der Waals surface area contributed by atoms with Gasteiger partial charge >= 0.3 is 0 Å². The predicted octanol–water partition coefficient (Wildman–Crippen LogP) is 4.55. The lowest BCUT2D eigenvalue weighted by Gasteiger charge is -2.11. The van der Waals surface area contributed by atoms with Crippen LogP contribution in [0.15, 0.2) is 91.5 Å². The summed E-state index contributed by atoms with van der Waals surface area (Å²) < 4.78 is 5.41. The number of ether oxygens (including phenoxy) is 1. The van der Waals surface area contributed by atoms with Gasteiger partial charge in [0, 0.05) is 22.6 Å². The molecule has 3 rings (SSSR count). The Morgan fingerprint density at radius 3 is 2.30 bits per heavy atom. The Morgan fingerprint density at radius 2 is 1.57 bits per heavy atom. The predicted molar refractivity (Wildman–Crippen MR) is 120 cm³/mol. The van der Waals surface area contributed by atoms with Gasteiger partial charge in [-0.1, -0.05) is 36.9 Å². The second-order valence-electron chi connectivity index (χ2n) is 6.43. The summed E-state index contributed by atoms with van der Waals surface area (Å²) in [5.74, 6) is 0.333. The highest BCUT2D eigenvalue weighted by Gasteiger charge is 2.07. The summed E-state index contributed by atoms with van der Waals surface area (Å²) in [4.78, 5) is 24.5. The van der Waals surface area contributed by atoms with Gasteiger partial charge in [-0.15, -0.1) is 0 Å². The van der Waals surface area contributed by atoms with Crippen molar-refractivity contribution in [3.05, 3.63) is 97.1 Å². The molecule has 0 aliphatic heterocycles. The molecule has 0 radical (unpaired) electrons. The number of carbonyl (C=O) groups is 2. The van der Waals surface area contributed by atoms with E-state index in [0.717, 1.165) is 5.69 Å². The third kappa shape index (κ3) is 6.24. The van der Waals surface area contributed by atoms with Crippen molar-refractivity contribution in [2.75, 3.05) is 29.1 Å². The second kappa shape index (κ2) is 10.5. The lowest BCUT2D eigenvalue weighted by atomic mass is 10.2. The van der Waals surface area contributed by atoms with Gasteiger partial charge in [0.25, 0.3) is 5.91 Å². The van der Waals surface area contributed by atoms with E-state index in [1.165, 1.54) is 0 Å². The molecule has 0 spiro atoms. The van der Waals surface area contributed by atoms with E-state index in [1.54, 1.807) is 54.6 Å². The van der Waals surface area contributed by atoms with Gasteiger partial charge in [0.2, 0.25) is 5.91 Å². The number of nitrogens with one attached hydrogen (secondary N) is 3. The molecule has 152 valence electrons. The SMILES string of the molecule is C=CCOc1ccc(NC(=O)CNc2cccc(NC(=O)c3ccccc3)c2)cc1. The van der Waals surface area contributed by atoms with Crippen molar-refractivity contribution in [2.45, 2.75) is 0 Å². The van der Waals surface area contributed by atoms with Crippen LogP contribution >= 0.6 is 0 Å². The van der Waals surface area contributed by atoms with Crippen LogP contribution in [-0.4, -0.2) is 25.0 Å². The molecule has 0 unspecified atom stereocenters. The van der Waals surface area contributed by atoms with Gasteiger partial charge in [-0.2, -0.15) is 0 Å². The van der Waals surface area contributed by atoms with Crippen molar-refractivity contribution in [1.29, 1.82) is 0 Å². The summed E-state index contributed by atoms with van der Waals surface area (Å²) in [6.45, 7) is 4.12. The van der Waals surface area contributed by atoms with Gasteiger partial charge in [0.05, 0.1) is 6.54 Å². The molecule has 0 aliphatic carbocycles. The van der Waals surface area contributed by atoms with Crippen molar-refractivity contribution in [1.82, 2.24) is 0 Å². The van der Waals surface area contributed by atoms with Crippen molar-refractivity contribution in [2.24, 2.45) is 0 Å². The first-order chi connectivity index (χ1) is 14.6. The van der Waals surface area contributed by atoms with E-state index in [9.17, 15) is 9.59 Å². The van der Waals surface area contributed by atoms with E-state index in [1.807, 2.05) is 30.3 Å². The highest BCUT2D eigenvalue weighted by Crippen LogP contribution is 2.17. The zero-order valence-electron chi connectivity index (χ0n) is 16.4. The normalized spacial score (nSPS) is 10.0. The van der Waals surface area contributed by atoms with Crippen molar-refractivity contribution in [3.63, 3.8) is 0 Å². The molecule has 6 nitrogen and oxygen atoms in total. The average Bonchev–Trinajstić information content (AvgIpc) is 2.78. The third-order valence-corrected chi connectivity index (χ3v) is 4.12. The molecular formula is C24H23N3O3. The molecular weight excluding hydrogens is 378 g/mol. The molecule has 6 heteroatoms. The largest absolute Gasteiger partial charge is 0.490 e. The number of amides is 2. The maximum Gasteiger partial charge on any atom is 0.255 e. The van der Waals surface area contributed by atoms with Crippen LogP contribution in [0.25, 0.3) is 0 Å². The molecule has 0 aromatic heterocycles. The van der Waals surface area contributed by atoms with Gasteiger partial charge in [-0.25, -0.2) is 0 Å². The lowest BCUT2D eigenvalue weighted by Crippen LogP contribution is -2.21. The second-order valence-corrected chi connectivity index (χ2v) is 6.43. The van der Waals surface area contributed by atoms with Gasteiger partial charge in [0.15, 0.2) is 0 Å². The molecule has 0 saturated carbocycles. The summed E-state index contributed by atoms with van der Waals surface area (Å²) in [7, 11) is 0. The maximum absolute atomic E-state index is 12.3. The van der Waals surface area contributed by atoms with Gasteiger partial charge in [-0.3, -0.25) is 9.59 Å². The summed E-state index contributed by atoms with van der Waals surface area (Å²) in [5.41, 5.74) is 2.63. The highest BCUT2D eigenvalue weighted by atomic mass is 16.5. The first-order valence-corrected chi connectivity index (χ1v) is 9.48. The quantitative estimate of drug-likeness (QED) is 0.460. The van der Waals surface area contributed by atoms with Crippen molar-refractivity contribution in [3.8, 4) is 5.75 Å². The van der Waals surface area contributed by atoms with Crippen LogP contribution in [0.4, 0.5) is 17.1 Å². The van der Waals surface area contributed by atoms with Gasteiger partial charge in [0.1, 0.15) is 12.4 Å². The summed E-state index contributed by atoms with van der Waals surface area (Å²) in [6, 6.07) is 23.3. The minimum absolute atomic E-state index is 0.0881. The molecule has 0 saturated heterocycles. The Labute approximate surface area is 175 Å². The summed E-state index contributed by atoms with van der Waals surface area (Å²) >= 11 is 0. The summed E-state index contributed by atoms with van der Waals surface area (Å²) in [5, 5.41) is 8.72. The van der Waals surface area contributed by atoms with E-state index in [4.69, 9.17) is 4.74 Å². The van der Waals surface area contributed by atoms with Gasteiger partial charge < -0.3 is 20.7 Å². The monoisotopic (exact) mass is 401 g/mol. The third-order valence-electron chi connectivity index (χ3n) is 4.12. The van der Waals surface area contributed by atoms with Gasteiger partial charge in [-0.05, 0) is 54.6 Å². The number of benzene rings is 3. The lowest BCUT2D eigenvalue weighted by molar-refractivity contribution is -0.114. The zero-order valence-corrected chi connectivity index (χ0v) is 16.4. The Hall–Kier alpha value is -4.06. The highest BCUT2D eigenvalue weighted by molar-refractivity contribution is 6.04. The topological polar surface area (TPSA) is 79.5 Å². The number of hydrogen-bond acceptors (Lipinski definition) is 4. The molecule has 0 heterocycles. The van der Waals surface area contributed by atoms with Crippen LogP contribution in [0.1, 0.15) is 10.4 Å². The average molecular weight is 401 g/mol. The van der Waals surface area contributed by atoms with E-state index in [2.05, 4.69) is 22.5 Å². The van der Waals surface area contributed by atoms with Crippen LogP contribution in [-0.2, 0) is 4.79 Å². The smallest absolute Gasteiger partial charge is 0.255 e. The zero-order chi connectivity index (χ0) is 21.2. The van der Waals surface area contributed by atoms with E-state index in [0.29, 0.717) is 29.3 Å². The van der Waals surface area contributed by atoms with E-state index >= 15 is 0 Å². The van der Waals surface area contributed by atoms with Crippen LogP contribution < -0.4 is 20.7 Å². The standard InChI is InChI=1S/C24H23N3O3/c1-2-15-30-22-13-11-19(12-14-22)26-23(28)17-25-20-9-6-10-21(16-20)27-24(29)18-7-4-3-5-8-18/h2-14,16,25H,1,15,17H2,(H,26,28)(H,27,29). The number of anilines is 3. The Kier molecular flexibility index (Phi) is 7.22. The van der Waals surface area contributed by atoms with E-state index < -0.39 is 0 Å². The number of hydrogen-bond donors (Lipinski definition) is 3. The fourth-order valence-corrected chi connectivity index (χ4v) is 2.68. The molecule has 30 heavy (non-hydrogen) atoms. The number of rotatable bonds is 9. The molecule has 0 fully saturated rings. The fourth-order valence-electron chi connectivity index (χ4n) is 2.68. The molecule has 2 amide bonds. The van der Waals surface area contributed by atoms with Crippen LogP contribution in [0.5, 0.6) is 5.75 Å². The maximum atomic E-state index is 12.3. The minimum Gasteiger partial charge on any atom is -0.490 e. The van der Waals surface area contributed by atoms with Crippen LogP contribution in [0, 0.1) is 0 Å². The Balaban J connectivity index is 1.50. The van der Waals surface area contributed by atoms with Crippen molar-refractivity contribution < 1.29 is 14.3 Å². The van der Waals surface area contributed by atoms with Crippen LogP contribution in [0.2, 0.25) is 0 Å². The fraction of sp³-hybridized carbons (Fsp3) is 0.0833. The number of carbonyl (C=O) groups excluding carboxylic acids is 2. The minimum atomic E-state index is -0.189. The van der Waals surface area contributed by atoms with Crippen molar-refractivity contribution >= 4 is 28.9 Å². The molecule has 0 bridgehead atoms. The van der Waals surface area contributed by atoms with E-state index in [-0.39, 0.29) is 18.4 Å². The summed E-state index contributed by atoms with van der Waals surface area (Å²) in [6.07, 6.45) is 1.67. The Morgan fingerprint density at radius 1 is 0.833 bits per heavy atom. The molecule has 3 aromatic rings. The van der Waals surface area contributed by atoms with Crippen LogP contribution in [0.3, 0.4) is 0 Å². The molecule has 3 aromatic carbocycles. The molecule has 0 aliphatic rings. The Bertz CT molecular complexity index is 1000.